The van der Waals surface area contributed by atoms with Gasteiger partial charge >= 0.3 is 6.18 Å². The molecule has 1 unspecified atom stereocenters. The van der Waals surface area contributed by atoms with Crippen LogP contribution in [0.4, 0.5) is 13.2 Å². The highest BCUT2D eigenvalue weighted by molar-refractivity contribution is 5.89. The molecule has 0 aromatic heterocycles. The number of halogens is 3. The average molecular weight is 330 g/mol. The highest BCUT2D eigenvalue weighted by atomic mass is 19.4. The third kappa shape index (κ3) is 4.87. The third-order valence-corrected chi connectivity index (χ3v) is 3.60. The Morgan fingerprint density at radius 2 is 2.09 bits per heavy atom. The SMILES string of the molecule is O=C(NCC(F)(F)F)C1CCCN1C(=O)Cc1cccc(O)c1. The minimum Gasteiger partial charge on any atom is -0.508 e. The molecule has 126 valence electrons. The maximum absolute atomic E-state index is 12.3. The zero-order chi connectivity index (χ0) is 17.0. The number of carbonyl (C=O) groups excluding carboxylic acids is 2. The molecule has 1 aliphatic heterocycles. The maximum Gasteiger partial charge on any atom is 0.405 e. The third-order valence-electron chi connectivity index (χ3n) is 3.60. The van der Waals surface area contributed by atoms with E-state index in [0.29, 0.717) is 24.9 Å². The summed E-state index contributed by atoms with van der Waals surface area (Å²) in [6, 6.07) is 5.29. The molecule has 1 aromatic carbocycles. The molecule has 5 nitrogen and oxygen atoms in total. The van der Waals surface area contributed by atoms with Crippen molar-refractivity contribution in [1.29, 1.82) is 0 Å². The molecule has 2 amide bonds. The number of phenols is 1. The van der Waals surface area contributed by atoms with Crippen LogP contribution in [-0.4, -0.2) is 47.1 Å². The van der Waals surface area contributed by atoms with Gasteiger partial charge in [-0.3, -0.25) is 9.59 Å². The van der Waals surface area contributed by atoms with E-state index in [9.17, 15) is 27.9 Å². The number of carbonyl (C=O) groups is 2. The molecule has 0 aliphatic carbocycles. The van der Waals surface area contributed by atoms with Crippen molar-refractivity contribution in [3.05, 3.63) is 29.8 Å². The van der Waals surface area contributed by atoms with E-state index >= 15 is 0 Å². The molecular formula is C15H17F3N2O3. The lowest BCUT2D eigenvalue weighted by molar-refractivity contribution is -0.144. The standard InChI is InChI=1S/C15H17F3N2O3/c16-15(17,18)9-19-14(23)12-5-2-6-20(12)13(22)8-10-3-1-4-11(21)7-10/h1,3-4,7,12,21H,2,5-6,8-9H2,(H,19,23). The summed E-state index contributed by atoms with van der Waals surface area (Å²) in [5, 5.41) is 11.2. The van der Waals surface area contributed by atoms with Crippen molar-refractivity contribution < 1.29 is 27.9 Å². The monoisotopic (exact) mass is 330 g/mol. The number of alkyl halides is 3. The molecule has 1 aliphatic rings. The molecule has 1 saturated heterocycles. The van der Waals surface area contributed by atoms with Gasteiger partial charge in [0.05, 0.1) is 6.42 Å². The number of rotatable bonds is 4. The molecule has 0 saturated carbocycles. The van der Waals surface area contributed by atoms with E-state index in [-0.39, 0.29) is 18.1 Å². The largest absolute Gasteiger partial charge is 0.508 e. The van der Waals surface area contributed by atoms with Gasteiger partial charge in [-0.2, -0.15) is 13.2 Å². The van der Waals surface area contributed by atoms with E-state index < -0.39 is 24.7 Å². The summed E-state index contributed by atoms with van der Waals surface area (Å²) >= 11 is 0. The Labute approximate surface area is 131 Å². The van der Waals surface area contributed by atoms with Crippen molar-refractivity contribution in [3.8, 4) is 5.75 Å². The Balaban J connectivity index is 1.97. The van der Waals surface area contributed by atoms with Crippen LogP contribution in [0.1, 0.15) is 18.4 Å². The smallest absolute Gasteiger partial charge is 0.405 e. The number of nitrogens with zero attached hydrogens (tertiary/aromatic N) is 1. The minimum absolute atomic E-state index is 0.0164. The van der Waals surface area contributed by atoms with Gasteiger partial charge in [-0.1, -0.05) is 12.1 Å². The first kappa shape index (κ1) is 17.1. The number of hydrogen-bond donors (Lipinski definition) is 2. The molecule has 2 rings (SSSR count). The summed E-state index contributed by atoms with van der Waals surface area (Å²) in [5.41, 5.74) is 0.580. The second-order valence-corrected chi connectivity index (χ2v) is 5.42. The second-order valence-electron chi connectivity index (χ2n) is 5.42. The zero-order valence-electron chi connectivity index (χ0n) is 12.3. The number of benzene rings is 1. The van der Waals surface area contributed by atoms with Gasteiger partial charge in [0.1, 0.15) is 18.3 Å². The van der Waals surface area contributed by atoms with Gasteiger partial charge in [0.2, 0.25) is 11.8 Å². The highest BCUT2D eigenvalue weighted by Gasteiger charge is 2.36. The molecule has 1 heterocycles. The van der Waals surface area contributed by atoms with Crippen LogP contribution in [0, 0.1) is 0 Å². The van der Waals surface area contributed by atoms with Gasteiger partial charge in [0.25, 0.3) is 0 Å². The highest BCUT2D eigenvalue weighted by Crippen LogP contribution is 2.21. The lowest BCUT2D eigenvalue weighted by atomic mass is 10.1. The molecule has 1 fully saturated rings. The van der Waals surface area contributed by atoms with Crippen LogP contribution in [0.3, 0.4) is 0 Å². The summed E-state index contributed by atoms with van der Waals surface area (Å²) in [6.07, 6.45) is -3.59. The summed E-state index contributed by atoms with van der Waals surface area (Å²) in [7, 11) is 0. The summed E-state index contributed by atoms with van der Waals surface area (Å²) in [6.45, 7) is -1.07. The molecule has 1 atom stereocenters. The number of nitrogens with one attached hydrogen (secondary N) is 1. The van der Waals surface area contributed by atoms with Gasteiger partial charge in [-0.25, -0.2) is 0 Å². The lowest BCUT2D eigenvalue weighted by Gasteiger charge is -2.24. The van der Waals surface area contributed by atoms with Crippen molar-refractivity contribution in [2.24, 2.45) is 0 Å². The first-order valence-electron chi connectivity index (χ1n) is 7.18. The Bertz CT molecular complexity index is 590. The van der Waals surface area contributed by atoms with Gasteiger partial charge in [-0.15, -0.1) is 0 Å². The van der Waals surface area contributed by atoms with Crippen LogP contribution >= 0.6 is 0 Å². The summed E-state index contributed by atoms with van der Waals surface area (Å²) < 4.78 is 36.5. The fraction of sp³-hybridized carbons (Fsp3) is 0.467. The number of aromatic hydroxyl groups is 1. The van der Waals surface area contributed by atoms with E-state index in [4.69, 9.17) is 0 Å². The van der Waals surface area contributed by atoms with Crippen LogP contribution in [0.5, 0.6) is 5.75 Å². The van der Waals surface area contributed by atoms with Crippen LogP contribution in [0.2, 0.25) is 0 Å². The maximum atomic E-state index is 12.3. The molecule has 8 heteroatoms. The number of amides is 2. The normalized spacial score (nSPS) is 18.0. The quantitative estimate of drug-likeness (QED) is 0.881. The van der Waals surface area contributed by atoms with Crippen LogP contribution < -0.4 is 5.32 Å². The Morgan fingerprint density at radius 1 is 1.35 bits per heavy atom. The van der Waals surface area contributed by atoms with E-state index in [1.165, 1.54) is 17.0 Å². The number of likely N-dealkylation sites (tertiary alicyclic amines) is 1. The topological polar surface area (TPSA) is 69.6 Å². The Kier molecular flexibility index (Phi) is 5.12. The van der Waals surface area contributed by atoms with E-state index in [1.807, 2.05) is 5.32 Å². The molecule has 23 heavy (non-hydrogen) atoms. The fourth-order valence-electron chi connectivity index (χ4n) is 2.59. The van der Waals surface area contributed by atoms with Crippen molar-refractivity contribution >= 4 is 11.8 Å². The van der Waals surface area contributed by atoms with Crippen molar-refractivity contribution in [3.63, 3.8) is 0 Å². The van der Waals surface area contributed by atoms with Crippen LogP contribution in [0.15, 0.2) is 24.3 Å². The first-order valence-corrected chi connectivity index (χ1v) is 7.18. The zero-order valence-corrected chi connectivity index (χ0v) is 12.3. The Hall–Kier alpha value is -2.25. The van der Waals surface area contributed by atoms with Gasteiger partial charge in [0.15, 0.2) is 0 Å². The van der Waals surface area contributed by atoms with Crippen molar-refractivity contribution in [2.75, 3.05) is 13.1 Å². The predicted molar refractivity (Wildman–Crippen MR) is 75.6 cm³/mol. The number of hydrogen-bond acceptors (Lipinski definition) is 3. The van der Waals surface area contributed by atoms with E-state index in [2.05, 4.69) is 0 Å². The average Bonchev–Trinajstić information content (AvgIpc) is 2.93. The first-order chi connectivity index (χ1) is 10.8. The second kappa shape index (κ2) is 6.89. The molecule has 0 spiro atoms. The fourth-order valence-corrected chi connectivity index (χ4v) is 2.59. The molecular weight excluding hydrogens is 313 g/mol. The van der Waals surface area contributed by atoms with E-state index in [0.717, 1.165) is 0 Å². The van der Waals surface area contributed by atoms with Gasteiger partial charge in [0, 0.05) is 6.54 Å². The van der Waals surface area contributed by atoms with E-state index in [1.54, 1.807) is 12.1 Å². The molecule has 0 bridgehead atoms. The Morgan fingerprint density at radius 3 is 2.74 bits per heavy atom. The minimum atomic E-state index is -4.48. The van der Waals surface area contributed by atoms with Gasteiger partial charge < -0.3 is 15.3 Å². The summed E-state index contributed by atoms with van der Waals surface area (Å²) in [4.78, 5) is 25.5. The molecule has 1 aromatic rings. The van der Waals surface area contributed by atoms with Crippen molar-refractivity contribution in [2.45, 2.75) is 31.5 Å². The van der Waals surface area contributed by atoms with Crippen LogP contribution in [0.25, 0.3) is 0 Å². The number of phenolic OH excluding ortho intramolecular Hbond substituents is 1. The van der Waals surface area contributed by atoms with Crippen LogP contribution in [-0.2, 0) is 16.0 Å². The molecule has 0 radical (unpaired) electrons. The lowest BCUT2D eigenvalue weighted by Crippen LogP contribution is -2.48. The van der Waals surface area contributed by atoms with Crippen molar-refractivity contribution in [1.82, 2.24) is 10.2 Å². The summed E-state index contributed by atoms with van der Waals surface area (Å²) in [5.74, 6) is -1.11. The molecule has 2 N–H and O–H groups in total. The van der Waals surface area contributed by atoms with Gasteiger partial charge in [-0.05, 0) is 30.5 Å². The predicted octanol–water partition coefficient (Wildman–Crippen LogP) is 1.60.